The van der Waals surface area contributed by atoms with Crippen molar-refractivity contribution in [1.82, 2.24) is 0 Å². The first-order valence-electron chi connectivity index (χ1n) is 5.43. The van der Waals surface area contributed by atoms with Crippen LogP contribution < -0.4 is 9.47 Å². The molecule has 0 amide bonds. The Morgan fingerprint density at radius 1 is 1.18 bits per heavy atom. The molecule has 0 spiro atoms. The number of rotatable bonds is 5. The average molecular weight is 254 g/mol. The number of methoxy groups -OCH3 is 2. The largest absolute Gasteiger partial charge is 0.496 e. The predicted molar refractivity (Wildman–Crippen MR) is 70.5 cm³/mol. The number of ketones is 1. The molecule has 17 heavy (non-hydrogen) atoms. The predicted octanol–water partition coefficient (Wildman–Crippen LogP) is 3.41. The maximum atomic E-state index is 11.6. The van der Waals surface area contributed by atoms with Crippen LogP contribution in [0.2, 0.25) is 0 Å². The van der Waals surface area contributed by atoms with Crippen LogP contribution >= 0.6 is 11.8 Å². The molecular weight excluding hydrogens is 236 g/mol. The molecule has 0 fully saturated rings. The zero-order valence-corrected chi connectivity index (χ0v) is 11.7. The Kier molecular flexibility index (Phi) is 4.87. The molecule has 0 aromatic heterocycles. The zero-order chi connectivity index (χ0) is 13.0. The van der Waals surface area contributed by atoms with Crippen LogP contribution in [-0.2, 0) is 0 Å². The zero-order valence-electron chi connectivity index (χ0n) is 10.9. The standard InChI is InChI=1S/C13H18O3S/c1-8(2)17-10-6-11(15-4)13(9(3)14)12(7-10)16-5/h6-8H,1-5H3. The van der Waals surface area contributed by atoms with Gasteiger partial charge in [0.1, 0.15) is 17.1 Å². The van der Waals surface area contributed by atoms with Gasteiger partial charge in [-0.05, 0) is 19.1 Å². The van der Waals surface area contributed by atoms with E-state index in [2.05, 4.69) is 13.8 Å². The van der Waals surface area contributed by atoms with E-state index in [9.17, 15) is 4.79 Å². The second-order valence-electron chi connectivity index (χ2n) is 3.93. The van der Waals surface area contributed by atoms with E-state index in [1.807, 2.05) is 12.1 Å². The van der Waals surface area contributed by atoms with Crippen molar-refractivity contribution in [3.8, 4) is 11.5 Å². The van der Waals surface area contributed by atoms with Gasteiger partial charge in [0.2, 0.25) is 0 Å². The summed E-state index contributed by atoms with van der Waals surface area (Å²) in [4.78, 5) is 12.6. The molecule has 0 radical (unpaired) electrons. The summed E-state index contributed by atoms with van der Waals surface area (Å²) in [6, 6.07) is 3.76. The summed E-state index contributed by atoms with van der Waals surface area (Å²) in [5.41, 5.74) is 0.503. The molecule has 0 aliphatic carbocycles. The quantitative estimate of drug-likeness (QED) is 0.596. The molecule has 1 rings (SSSR count). The van der Waals surface area contributed by atoms with Gasteiger partial charge in [-0.25, -0.2) is 0 Å². The molecule has 0 aliphatic rings. The molecule has 0 unspecified atom stereocenters. The maximum Gasteiger partial charge on any atom is 0.167 e. The van der Waals surface area contributed by atoms with E-state index in [0.29, 0.717) is 22.3 Å². The first kappa shape index (κ1) is 13.9. The highest BCUT2D eigenvalue weighted by molar-refractivity contribution is 7.99. The van der Waals surface area contributed by atoms with Gasteiger partial charge in [0.15, 0.2) is 5.78 Å². The molecule has 0 aliphatic heterocycles. The van der Waals surface area contributed by atoms with Crippen LogP contribution in [0.5, 0.6) is 11.5 Å². The first-order chi connectivity index (χ1) is 7.99. The normalized spacial score (nSPS) is 10.5. The van der Waals surface area contributed by atoms with Crippen molar-refractivity contribution in [3.05, 3.63) is 17.7 Å². The highest BCUT2D eigenvalue weighted by atomic mass is 32.2. The third-order valence-corrected chi connectivity index (χ3v) is 3.18. The molecule has 0 saturated carbocycles. The van der Waals surface area contributed by atoms with Crippen molar-refractivity contribution in [3.63, 3.8) is 0 Å². The van der Waals surface area contributed by atoms with Crippen molar-refractivity contribution in [1.29, 1.82) is 0 Å². The monoisotopic (exact) mass is 254 g/mol. The number of benzene rings is 1. The van der Waals surface area contributed by atoms with Crippen LogP contribution in [0.1, 0.15) is 31.1 Å². The summed E-state index contributed by atoms with van der Waals surface area (Å²) >= 11 is 1.71. The fourth-order valence-electron chi connectivity index (χ4n) is 1.58. The van der Waals surface area contributed by atoms with E-state index in [1.165, 1.54) is 6.92 Å². The van der Waals surface area contributed by atoms with Crippen molar-refractivity contribution >= 4 is 17.5 Å². The summed E-state index contributed by atoms with van der Waals surface area (Å²) in [7, 11) is 3.12. The molecule has 1 aromatic rings. The molecule has 4 heteroatoms. The highest BCUT2D eigenvalue weighted by Crippen LogP contribution is 2.36. The molecule has 0 heterocycles. The van der Waals surface area contributed by atoms with Crippen LogP contribution in [0, 0.1) is 0 Å². The Labute approximate surface area is 106 Å². The molecular formula is C13H18O3S. The van der Waals surface area contributed by atoms with Crippen molar-refractivity contribution in [2.75, 3.05) is 14.2 Å². The lowest BCUT2D eigenvalue weighted by molar-refractivity contribution is 0.101. The Morgan fingerprint density at radius 3 is 1.94 bits per heavy atom. The number of carbonyl (C=O) groups excluding carboxylic acids is 1. The molecule has 0 bridgehead atoms. The number of carbonyl (C=O) groups is 1. The highest BCUT2D eigenvalue weighted by Gasteiger charge is 2.17. The van der Waals surface area contributed by atoms with Crippen LogP contribution in [0.3, 0.4) is 0 Å². The van der Waals surface area contributed by atoms with E-state index in [1.54, 1.807) is 26.0 Å². The van der Waals surface area contributed by atoms with Crippen LogP contribution in [0.4, 0.5) is 0 Å². The third kappa shape index (κ3) is 3.40. The van der Waals surface area contributed by atoms with E-state index in [-0.39, 0.29) is 5.78 Å². The second kappa shape index (κ2) is 5.96. The third-order valence-electron chi connectivity index (χ3n) is 2.20. The minimum absolute atomic E-state index is 0.0557. The van der Waals surface area contributed by atoms with Gasteiger partial charge < -0.3 is 9.47 Å². The van der Waals surface area contributed by atoms with Gasteiger partial charge in [-0.3, -0.25) is 4.79 Å². The van der Waals surface area contributed by atoms with Gasteiger partial charge in [-0.2, -0.15) is 0 Å². The van der Waals surface area contributed by atoms with E-state index in [4.69, 9.17) is 9.47 Å². The Hall–Kier alpha value is -1.16. The fourth-order valence-corrected chi connectivity index (χ4v) is 2.47. The van der Waals surface area contributed by atoms with Crippen LogP contribution in [-0.4, -0.2) is 25.3 Å². The SMILES string of the molecule is COc1cc(SC(C)C)cc(OC)c1C(C)=O. The van der Waals surface area contributed by atoms with Crippen molar-refractivity contribution in [2.45, 2.75) is 30.9 Å². The van der Waals surface area contributed by atoms with Gasteiger partial charge >= 0.3 is 0 Å². The number of hydrogen-bond donors (Lipinski definition) is 0. The Bertz CT molecular complexity index is 388. The maximum absolute atomic E-state index is 11.6. The number of ether oxygens (including phenoxy) is 2. The van der Waals surface area contributed by atoms with Gasteiger partial charge in [0, 0.05) is 10.1 Å². The summed E-state index contributed by atoms with van der Waals surface area (Å²) in [6.07, 6.45) is 0. The molecule has 1 aromatic carbocycles. The Morgan fingerprint density at radius 2 is 1.65 bits per heavy atom. The van der Waals surface area contributed by atoms with E-state index >= 15 is 0 Å². The minimum atomic E-state index is -0.0557. The molecule has 0 atom stereocenters. The molecule has 94 valence electrons. The first-order valence-corrected chi connectivity index (χ1v) is 6.31. The van der Waals surface area contributed by atoms with Crippen molar-refractivity contribution < 1.29 is 14.3 Å². The van der Waals surface area contributed by atoms with Gasteiger partial charge in [-0.15, -0.1) is 11.8 Å². The number of Topliss-reactive ketones (excluding diaryl/α,β-unsaturated/α-hetero) is 1. The van der Waals surface area contributed by atoms with Gasteiger partial charge in [0.25, 0.3) is 0 Å². The Balaban J connectivity index is 3.28. The number of hydrogen-bond acceptors (Lipinski definition) is 4. The van der Waals surface area contributed by atoms with Crippen LogP contribution in [0.25, 0.3) is 0 Å². The summed E-state index contributed by atoms with van der Waals surface area (Å²) < 4.78 is 10.5. The smallest absolute Gasteiger partial charge is 0.167 e. The summed E-state index contributed by atoms with van der Waals surface area (Å²) in [5.74, 6) is 1.08. The summed E-state index contributed by atoms with van der Waals surface area (Å²) in [6.45, 7) is 5.74. The lowest BCUT2D eigenvalue weighted by atomic mass is 10.1. The lowest BCUT2D eigenvalue weighted by Gasteiger charge is -2.14. The second-order valence-corrected chi connectivity index (χ2v) is 5.58. The van der Waals surface area contributed by atoms with E-state index < -0.39 is 0 Å². The van der Waals surface area contributed by atoms with E-state index in [0.717, 1.165) is 4.90 Å². The van der Waals surface area contributed by atoms with Gasteiger partial charge in [-0.1, -0.05) is 13.8 Å². The fraction of sp³-hybridized carbons (Fsp3) is 0.462. The van der Waals surface area contributed by atoms with Gasteiger partial charge in [0.05, 0.1) is 14.2 Å². The van der Waals surface area contributed by atoms with Crippen molar-refractivity contribution in [2.24, 2.45) is 0 Å². The molecule has 3 nitrogen and oxygen atoms in total. The topological polar surface area (TPSA) is 35.5 Å². The molecule has 0 saturated heterocycles. The average Bonchev–Trinajstić information content (AvgIpc) is 2.26. The summed E-state index contributed by atoms with van der Waals surface area (Å²) in [5, 5.41) is 0.465. The lowest BCUT2D eigenvalue weighted by Crippen LogP contribution is -2.02. The number of thioether (sulfide) groups is 1. The molecule has 0 N–H and O–H groups in total. The minimum Gasteiger partial charge on any atom is -0.496 e. The van der Waals surface area contributed by atoms with Crippen LogP contribution in [0.15, 0.2) is 17.0 Å².